The van der Waals surface area contributed by atoms with E-state index in [0.717, 1.165) is 59.4 Å². The minimum atomic E-state index is -1.11. The highest BCUT2D eigenvalue weighted by atomic mass is 35.5. The number of ether oxygens (including phenoxy) is 2. The molecule has 0 radical (unpaired) electrons. The fourth-order valence-corrected chi connectivity index (χ4v) is 6.68. The lowest BCUT2D eigenvalue weighted by Crippen LogP contribution is -2.34. The van der Waals surface area contributed by atoms with Gasteiger partial charge in [-0.15, -0.1) is 11.6 Å². The van der Waals surface area contributed by atoms with Crippen molar-refractivity contribution in [1.82, 2.24) is 0 Å². The molecule has 7 rings (SSSR count). The summed E-state index contributed by atoms with van der Waals surface area (Å²) in [4.78, 5) is 15.4. The van der Waals surface area contributed by atoms with Gasteiger partial charge in [0.25, 0.3) is 0 Å². The Morgan fingerprint density at radius 1 is 0.850 bits per heavy atom. The molecule has 0 saturated heterocycles. The maximum absolute atomic E-state index is 13.3. The van der Waals surface area contributed by atoms with Gasteiger partial charge in [0.1, 0.15) is 11.5 Å². The van der Waals surface area contributed by atoms with Gasteiger partial charge in [-0.25, -0.2) is 4.79 Å². The zero-order valence-electron chi connectivity index (χ0n) is 22.6. The van der Waals surface area contributed by atoms with Crippen LogP contribution in [0.15, 0.2) is 84.9 Å². The van der Waals surface area contributed by atoms with E-state index in [1.165, 1.54) is 5.56 Å². The summed E-state index contributed by atoms with van der Waals surface area (Å²) in [6, 6.07) is 28.5. The van der Waals surface area contributed by atoms with Gasteiger partial charge < -0.3 is 19.7 Å². The Hall–Kier alpha value is -3.96. The van der Waals surface area contributed by atoms with Crippen molar-refractivity contribution in [2.45, 2.75) is 49.6 Å². The summed E-state index contributed by atoms with van der Waals surface area (Å²) in [5.41, 5.74) is 6.12. The Morgan fingerprint density at radius 2 is 1.62 bits per heavy atom. The highest BCUT2D eigenvalue weighted by molar-refractivity contribution is 6.21. The Labute approximate surface area is 239 Å². The van der Waals surface area contributed by atoms with Crippen molar-refractivity contribution in [1.29, 1.82) is 0 Å². The van der Waals surface area contributed by atoms with Crippen molar-refractivity contribution in [2.24, 2.45) is 0 Å². The van der Waals surface area contributed by atoms with E-state index >= 15 is 0 Å². The number of rotatable bonds is 4. The minimum Gasteiger partial charge on any atom is -0.456 e. The lowest BCUT2D eigenvalue weighted by molar-refractivity contribution is 0.0224. The van der Waals surface area contributed by atoms with Crippen molar-refractivity contribution in [3.8, 4) is 11.5 Å². The molecule has 6 heteroatoms. The highest BCUT2D eigenvalue weighted by Crippen LogP contribution is 2.57. The smallest absolute Gasteiger partial charge is 0.340 e. The van der Waals surface area contributed by atoms with Gasteiger partial charge in [-0.1, -0.05) is 48.7 Å². The van der Waals surface area contributed by atoms with E-state index in [2.05, 4.69) is 53.5 Å². The molecule has 1 saturated carbocycles. The summed E-state index contributed by atoms with van der Waals surface area (Å²) in [7, 11) is 2.04. The summed E-state index contributed by atoms with van der Waals surface area (Å²) in [5.74, 6) is 1.01. The van der Waals surface area contributed by atoms with Crippen LogP contribution in [0.25, 0.3) is 0 Å². The van der Waals surface area contributed by atoms with Crippen LogP contribution in [0.2, 0.25) is 0 Å². The summed E-state index contributed by atoms with van der Waals surface area (Å²) in [6.45, 7) is 2.08. The summed E-state index contributed by atoms with van der Waals surface area (Å²) >= 11 is 6.68. The monoisotopic (exact) mass is 550 g/mol. The third-order valence-electron chi connectivity index (χ3n) is 8.54. The van der Waals surface area contributed by atoms with Crippen LogP contribution in [-0.2, 0) is 10.3 Å². The molecular weight excluding hydrogens is 520 g/mol. The molecule has 2 aliphatic heterocycles. The molecule has 40 heavy (non-hydrogen) atoms. The van der Waals surface area contributed by atoms with Crippen LogP contribution in [0.4, 0.5) is 17.1 Å². The second kappa shape index (κ2) is 9.60. The summed E-state index contributed by atoms with van der Waals surface area (Å²) < 4.78 is 12.9. The fourth-order valence-electron chi connectivity index (χ4n) is 6.34. The van der Waals surface area contributed by atoms with E-state index in [0.29, 0.717) is 17.1 Å². The zero-order valence-corrected chi connectivity index (χ0v) is 23.4. The number of nitrogens with zero attached hydrogens (tertiary/aromatic N) is 1. The maximum atomic E-state index is 13.3. The predicted molar refractivity (Wildman–Crippen MR) is 159 cm³/mol. The summed E-state index contributed by atoms with van der Waals surface area (Å²) in [5, 5.41) is 3.75. The number of carbonyl (C=O) groups excluding carboxylic acids is 1. The van der Waals surface area contributed by atoms with E-state index in [-0.39, 0.29) is 17.4 Å². The molecule has 0 amide bonds. The van der Waals surface area contributed by atoms with E-state index in [9.17, 15) is 4.79 Å². The standard InChI is InChI=1S/C34H31ClN2O3/c1-21-11-14-23(15-12-21)37(2)24-16-17-27-32(20-24)39-31-18-13-22(36-30-10-6-5-9-29(30)35)19-28(31)34(27)26-8-4-3-7-25(26)33(38)40-34/h3-4,7-8,11-20,29-30,36H,5-6,9-10H2,1-2H3. The quantitative estimate of drug-likeness (QED) is 0.204. The number of esters is 1. The molecule has 1 aliphatic carbocycles. The topological polar surface area (TPSA) is 50.8 Å². The number of hydrogen-bond donors (Lipinski definition) is 1. The molecule has 0 bridgehead atoms. The lowest BCUT2D eigenvalue weighted by atomic mass is 9.77. The SMILES string of the molecule is Cc1ccc(N(C)c2ccc3c(c2)Oc2ccc(NC4CCCCC4Cl)cc2C32OC(=O)c3ccccc32)cc1. The van der Waals surface area contributed by atoms with Gasteiger partial charge in [0, 0.05) is 52.9 Å². The molecule has 5 nitrogen and oxygen atoms in total. The van der Waals surface area contributed by atoms with Crippen LogP contribution in [0.3, 0.4) is 0 Å². The van der Waals surface area contributed by atoms with E-state index in [1.54, 1.807) is 0 Å². The second-order valence-electron chi connectivity index (χ2n) is 11.1. The predicted octanol–water partition coefficient (Wildman–Crippen LogP) is 8.29. The van der Waals surface area contributed by atoms with Crippen LogP contribution in [0.1, 0.15) is 58.3 Å². The molecule has 2 heterocycles. The number of benzene rings is 4. The molecule has 202 valence electrons. The van der Waals surface area contributed by atoms with E-state index in [4.69, 9.17) is 21.1 Å². The Kier molecular flexibility index (Phi) is 6.01. The average Bonchev–Trinajstić information content (AvgIpc) is 3.27. The van der Waals surface area contributed by atoms with Crippen LogP contribution < -0.4 is 15.0 Å². The Bertz CT molecular complexity index is 1620. The second-order valence-corrected chi connectivity index (χ2v) is 11.6. The molecule has 1 N–H and O–H groups in total. The van der Waals surface area contributed by atoms with Crippen LogP contribution in [0.5, 0.6) is 11.5 Å². The minimum absolute atomic E-state index is 0.0877. The Balaban J connectivity index is 1.35. The Morgan fingerprint density at radius 3 is 2.45 bits per heavy atom. The first kappa shape index (κ1) is 25.0. The largest absolute Gasteiger partial charge is 0.456 e. The molecule has 0 aromatic heterocycles. The van der Waals surface area contributed by atoms with Gasteiger partial charge in [-0.05, 0) is 68.3 Å². The molecular formula is C34H31ClN2O3. The normalized spacial score (nSPS) is 22.5. The average molecular weight is 551 g/mol. The number of carbonyl (C=O) groups is 1. The third kappa shape index (κ3) is 3.95. The maximum Gasteiger partial charge on any atom is 0.340 e. The number of nitrogens with one attached hydrogen (secondary N) is 1. The number of anilines is 3. The highest BCUT2D eigenvalue weighted by Gasteiger charge is 2.53. The van der Waals surface area contributed by atoms with Gasteiger partial charge in [0.05, 0.1) is 10.9 Å². The first-order valence-corrected chi connectivity index (χ1v) is 14.4. The first-order chi connectivity index (χ1) is 19.4. The molecule has 4 aromatic rings. The van der Waals surface area contributed by atoms with Crippen LogP contribution in [-0.4, -0.2) is 24.4 Å². The first-order valence-electron chi connectivity index (χ1n) is 13.9. The molecule has 1 spiro atoms. The van der Waals surface area contributed by atoms with Gasteiger partial charge in [0.15, 0.2) is 5.60 Å². The van der Waals surface area contributed by atoms with Crippen LogP contribution >= 0.6 is 11.6 Å². The van der Waals surface area contributed by atoms with Crippen molar-refractivity contribution >= 4 is 34.6 Å². The summed E-state index contributed by atoms with van der Waals surface area (Å²) in [6.07, 6.45) is 4.37. The third-order valence-corrected chi connectivity index (χ3v) is 9.06. The number of hydrogen-bond acceptors (Lipinski definition) is 5. The van der Waals surface area contributed by atoms with Crippen molar-refractivity contribution in [3.63, 3.8) is 0 Å². The number of aryl methyl sites for hydroxylation is 1. The van der Waals surface area contributed by atoms with Crippen molar-refractivity contribution in [3.05, 3.63) is 113 Å². The molecule has 4 aromatic carbocycles. The van der Waals surface area contributed by atoms with Crippen LogP contribution in [0, 0.1) is 6.92 Å². The van der Waals surface area contributed by atoms with Crippen molar-refractivity contribution in [2.75, 3.05) is 17.3 Å². The van der Waals surface area contributed by atoms with Gasteiger partial charge in [0.2, 0.25) is 0 Å². The van der Waals surface area contributed by atoms with Gasteiger partial charge in [-0.3, -0.25) is 0 Å². The molecule has 3 aliphatic rings. The lowest BCUT2D eigenvalue weighted by Gasteiger charge is -2.37. The molecule has 3 unspecified atom stereocenters. The molecule has 3 atom stereocenters. The fraction of sp³-hybridized carbons (Fsp3) is 0.265. The van der Waals surface area contributed by atoms with E-state index < -0.39 is 5.60 Å². The molecule has 1 fully saturated rings. The van der Waals surface area contributed by atoms with Gasteiger partial charge in [-0.2, -0.15) is 0 Å². The van der Waals surface area contributed by atoms with Crippen molar-refractivity contribution < 1.29 is 14.3 Å². The number of halogens is 1. The zero-order chi connectivity index (χ0) is 27.4. The number of alkyl halides is 1. The number of fused-ring (bicyclic) bond motifs is 6. The van der Waals surface area contributed by atoms with E-state index in [1.807, 2.05) is 55.6 Å². The van der Waals surface area contributed by atoms with Gasteiger partial charge >= 0.3 is 5.97 Å².